The lowest BCUT2D eigenvalue weighted by Gasteiger charge is -2.40. The van der Waals surface area contributed by atoms with Gasteiger partial charge in [-0.05, 0) is 38.1 Å². The van der Waals surface area contributed by atoms with Crippen LogP contribution in [0.3, 0.4) is 0 Å². The summed E-state index contributed by atoms with van der Waals surface area (Å²) in [7, 11) is 4.06. The molecule has 2 heterocycles. The van der Waals surface area contributed by atoms with Gasteiger partial charge in [0.15, 0.2) is 12.5 Å². The van der Waals surface area contributed by atoms with Crippen molar-refractivity contribution in [1.29, 1.82) is 0 Å². The number of anilines is 2. The predicted octanol–water partition coefficient (Wildman–Crippen LogP) is 4.16. The summed E-state index contributed by atoms with van der Waals surface area (Å²) >= 11 is 0. The largest absolute Gasteiger partial charge is 0.353 e. The Labute approximate surface area is 166 Å². The van der Waals surface area contributed by atoms with E-state index in [1.807, 2.05) is 64.3 Å². The van der Waals surface area contributed by atoms with Gasteiger partial charge >= 0.3 is 0 Å². The Hall–Kier alpha value is -2.70. The highest BCUT2D eigenvalue weighted by atomic mass is 16.5. The van der Waals surface area contributed by atoms with E-state index in [1.54, 1.807) is 0 Å². The third-order valence-electron chi connectivity index (χ3n) is 5.09. The van der Waals surface area contributed by atoms with Gasteiger partial charge in [0, 0.05) is 27.3 Å². The van der Waals surface area contributed by atoms with Gasteiger partial charge < -0.3 is 19.3 Å². The molecular weight excluding hydrogens is 352 g/mol. The van der Waals surface area contributed by atoms with E-state index in [2.05, 4.69) is 21.9 Å². The molecule has 146 valence electrons. The fourth-order valence-corrected chi connectivity index (χ4v) is 3.77. The Balaban J connectivity index is 1.88. The molecule has 2 aliphatic heterocycles. The van der Waals surface area contributed by atoms with E-state index in [9.17, 15) is 0 Å². The number of nitrogens with zero attached hydrogens (tertiary/aromatic N) is 4. The lowest BCUT2D eigenvalue weighted by molar-refractivity contribution is 0.102. The molecule has 2 aliphatic rings. The van der Waals surface area contributed by atoms with Gasteiger partial charge in [-0.25, -0.2) is 9.98 Å². The monoisotopic (exact) mass is 378 g/mol. The second-order valence-corrected chi connectivity index (χ2v) is 6.81. The van der Waals surface area contributed by atoms with Crippen LogP contribution in [0.2, 0.25) is 0 Å². The fraction of sp³-hybridized carbons (Fsp3) is 0.364. The maximum atomic E-state index is 6.11. The van der Waals surface area contributed by atoms with E-state index in [0.717, 1.165) is 34.2 Å². The van der Waals surface area contributed by atoms with Crippen molar-refractivity contribution >= 4 is 34.2 Å². The van der Waals surface area contributed by atoms with E-state index in [-0.39, 0.29) is 12.5 Å². The molecule has 0 aromatic heterocycles. The molecule has 0 unspecified atom stereocenters. The molecule has 0 bridgehead atoms. The van der Waals surface area contributed by atoms with Crippen LogP contribution in [-0.2, 0) is 9.47 Å². The van der Waals surface area contributed by atoms with Crippen LogP contribution < -0.4 is 9.80 Å². The summed E-state index contributed by atoms with van der Waals surface area (Å²) in [5, 5.41) is 0. The first-order chi connectivity index (χ1) is 13.7. The van der Waals surface area contributed by atoms with Gasteiger partial charge in [-0.1, -0.05) is 24.3 Å². The number of fused-ring (bicyclic) bond motifs is 2. The Morgan fingerprint density at radius 2 is 1.11 bits per heavy atom. The van der Waals surface area contributed by atoms with Crippen molar-refractivity contribution in [3.63, 3.8) is 0 Å². The smallest absolute Gasteiger partial charge is 0.175 e. The normalized spacial score (nSPS) is 21.0. The Morgan fingerprint density at radius 1 is 0.714 bits per heavy atom. The number of aliphatic imine (C=N–C) groups is 2. The summed E-state index contributed by atoms with van der Waals surface area (Å²) in [5.41, 5.74) is 5.50. The molecular formula is C22H26N4O2. The van der Waals surface area contributed by atoms with Crippen LogP contribution in [0, 0.1) is 0 Å². The average molecular weight is 378 g/mol. The molecule has 0 aliphatic carbocycles. The highest BCUT2D eigenvalue weighted by Gasteiger charge is 2.38. The third-order valence-corrected chi connectivity index (χ3v) is 5.09. The minimum absolute atomic E-state index is 0.319. The molecule has 28 heavy (non-hydrogen) atoms. The molecule has 0 fully saturated rings. The molecule has 6 nitrogen and oxygen atoms in total. The Morgan fingerprint density at radius 3 is 1.50 bits per heavy atom. The van der Waals surface area contributed by atoms with Crippen LogP contribution in [0.4, 0.5) is 22.7 Å². The predicted molar refractivity (Wildman–Crippen MR) is 115 cm³/mol. The average Bonchev–Trinajstić information content (AvgIpc) is 2.72. The summed E-state index contributed by atoms with van der Waals surface area (Å²) in [5.74, 6) is 0. The summed E-state index contributed by atoms with van der Waals surface area (Å²) in [6.45, 7) is 5.15. The van der Waals surface area contributed by atoms with Crippen LogP contribution in [0.5, 0.6) is 0 Å². The van der Waals surface area contributed by atoms with Crippen molar-refractivity contribution < 1.29 is 9.47 Å². The molecule has 2 aromatic carbocycles. The van der Waals surface area contributed by atoms with Gasteiger partial charge in [-0.15, -0.1) is 0 Å². The molecule has 0 radical (unpaired) electrons. The number of para-hydroxylation sites is 4. The first-order valence-corrected chi connectivity index (χ1v) is 9.70. The van der Waals surface area contributed by atoms with Crippen molar-refractivity contribution in [1.82, 2.24) is 0 Å². The van der Waals surface area contributed by atoms with Crippen molar-refractivity contribution in [2.45, 2.75) is 26.3 Å². The van der Waals surface area contributed by atoms with E-state index < -0.39 is 0 Å². The number of hydrogen-bond donors (Lipinski definition) is 0. The highest BCUT2D eigenvalue weighted by molar-refractivity contribution is 6.48. The van der Waals surface area contributed by atoms with Crippen LogP contribution in [0.15, 0.2) is 58.5 Å². The molecule has 0 spiro atoms. The number of ether oxygens (including phenoxy) is 2. The van der Waals surface area contributed by atoms with Gasteiger partial charge in [0.2, 0.25) is 0 Å². The van der Waals surface area contributed by atoms with E-state index in [4.69, 9.17) is 19.5 Å². The van der Waals surface area contributed by atoms with Gasteiger partial charge in [-0.2, -0.15) is 0 Å². The van der Waals surface area contributed by atoms with Crippen LogP contribution in [0.1, 0.15) is 13.8 Å². The molecule has 0 N–H and O–H groups in total. The summed E-state index contributed by atoms with van der Waals surface area (Å²) in [6, 6.07) is 16.2. The third kappa shape index (κ3) is 3.08. The zero-order chi connectivity index (χ0) is 19.7. The van der Waals surface area contributed by atoms with E-state index >= 15 is 0 Å². The van der Waals surface area contributed by atoms with Crippen LogP contribution >= 0.6 is 0 Å². The van der Waals surface area contributed by atoms with Crippen molar-refractivity contribution in [3.05, 3.63) is 48.5 Å². The summed E-state index contributed by atoms with van der Waals surface area (Å²) < 4.78 is 12.2. The quantitative estimate of drug-likeness (QED) is 0.784. The number of benzene rings is 2. The highest BCUT2D eigenvalue weighted by Crippen LogP contribution is 2.38. The molecule has 0 saturated heterocycles. The number of rotatable bonds is 5. The summed E-state index contributed by atoms with van der Waals surface area (Å²) in [4.78, 5) is 14.2. The van der Waals surface area contributed by atoms with Crippen molar-refractivity contribution in [2.75, 3.05) is 37.1 Å². The van der Waals surface area contributed by atoms with Gasteiger partial charge in [0.1, 0.15) is 11.4 Å². The van der Waals surface area contributed by atoms with Crippen molar-refractivity contribution in [3.8, 4) is 0 Å². The van der Waals surface area contributed by atoms with Crippen LogP contribution in [-0.4, -0.2) is 51.2 Å². The molecule has 0 saturated carbocycles. The van der Waals surface area contributed by atoms with Gasteiger partial charge in [0.05, 0.1) is 22.7 Å². The maximum Gasteiger partial charge on any atom is 0.175 e. The zero-order valence-electron chi connectivity index (χ0n) is 16.8. The van der Waals surface area contributed by atoms with Gasteiger partial charge in [0.25, 0.3) is 0 Å². The molecule has 2 atom stereocenters. The summed E-state index contributed by atoms with van der Waals surface area (Å²) in [6.07, 6.45) is -0.638. The standard InChI is InChI=1S/C22H26N4O2/c1-5-27-21-19(23-15-11-7-9-13-17(15)25(21)3)20-22(28-6-2)26(4)18-14-10-8-12-16(18)24-20/h7-14,21-22H,5-6H2,1-4H3/t21-,22+. The maximum absolute atomic E-state index is 6.11. The minimum Gasteiger partial charge on any atom is -0.353 e. The second-order valence-electron chi connectivity index (χ2n) is 6.81. The minimum atomic E-state index is -0.319. The molecule has 2 aromatic rings. The topological polar surface area (TPSA) is 49.7 Å². The SMILES string of the molecule is CCO[C@@H]1C(C2=Nc3ccccc3N(C)[C@H]2OCC)=Nc2ccccc2N1C. The van der Waals surface area contributed by atoms with E-state index in [1.165, 1.54) is 0 Å². The van der Waals surface area contributed by atoms with Crippen LogP contribution in [0.25, 0.3) is 0 Å². The second kappa shape index (κ2) is 7.73. The molecule has 4 rings (SSSR count). The fourth-order valence-electron chi connectivity index (χ4n) is 3.77. The molecule has 0 amide bonds. The Kier molecular flexibility index (Phi) is 5.15. The van der Waals surface area contributed by atoms with E-state index in [0.29, 0.717) is 13.2 Å². The molecule has 6 heteroatoms. The number of hydrogen-bond acceptors (Lipinski definition) is 6. The first kappa shape index (κ1) is 18.7. The first-order valence-electron chi connectivity index (χ1n) is 9.70. The lowest BCUT2D eigenvalue weighted by atomic mass is 10.0. The lowest BCUT2D eigenvalue weighted by Crippen LogP contribution is -2.53. The Bertz CT molecular complexity index is 849. The van der Waals surface area contributed by atoms with Gasteiger partial charge in [-0.3, -0.25) is 0 Å². The zero-order valence-corrected chi connectivity index (χ0v) is 16.8. The van der Waals surface area contributed by atoms with Crippen molar-refractivity contribution in [2.24, 2.45) is 9.98 Å².